The van der Waals surface area contributed by atoms with Gasteiger partial charge in [-0.2, -0.15) is 0 Å². The van der Waals surface area contributed by atoms with Gasteiger partial charge in [-0.05, 0) is 49.7 Å². The molecule has 0 unspecified atom stereocenters. The minimum atomic E-state index is -1.02. The number of aromatic nitrogens is 1. The van der Waals surface area contributed by atoms with E-state index in [0.29, 0.717) is 23.6 Å². The standard InChI is InChI=1S/C23H22N2O5/c1-15(26)18-12-21(24-13-18)23(28)30-16(2)22(27)25-19-8-10-20(11-9-19)29-14-17-6-4-3-5-7-17/h3-13,16,24H,14H2,1-2H3,(H,25,27)/t16-/m0/s1. The molecule has 1 heterocycles. The predicted octanol–water partition coefficient (Wildman–Crippen LogP) is 3.98. The molecule has 7 heteroatoms. The molecule has 1 amide bonds. The van der Waals surface area contributed by atoms with Crippen LogP contribution in [0.25, 0.3) is 0 Å². The quantitative estimate of drug-likeness (QED) is 0.436. The lowest BCUT2D eigenvalue weighted by Gasteiger charge is -2.13. The fraction of sp³-hybridized carbons (Fsp3) is 0.174. The number of rotatable bonds is 8. The number of benzene rings is 2. The molecule has 0 fully saturated rings. The third-order valence-corrected chi connectivity index (χ3v) is 4.33. The van der Waals surface area contributed by atoms with E-state index in [2.05, 4.69) is 10.3 Å². The molecule has 7 nitrogen and oxygen atoms in total. The highest BCUT2D eigenvalue weighted by atomic mass is 16.5. The van der Waals surface area contributed by atoms with Crippen molar-refractivity contribution in [1.29, 1.82) is 0 Å². The van der Waals surface area contributed by atoms with Crippen LogP contribution in [0.15, 0.2) is 66.9 Å². The van der Waals surface area contributed by atoms with Crippen molar-refractivity contribution >= 4 is 23.3 Å². The summed E-state index contributed by atoms with van der Waals surface area (Å²) in [6, 6.07) is 18.1. The number of H-pyrrole nitrogens is 1. The smallest absolute Gasteiger partial charge is 0.355 e. The second kappa shape index (κ2) is 9.56. The minimum absolute atomic E-state index is 0.111. The Morgan fingerprint density at radius 1 is 1.03 bits per heavy atom. The topological polar surface area (TPSA) is 97.5 Å². The van der Waals surface area contributed by atoms with E-state index in [0.717, 1.165) is 5.56 Å². The number of carbonyl (C=O) groups is 3. The largest absolute Gasteiger partial charge is 0.489 e. The molecule has 2 N–H and O–H groups in total. The van der Waals surface area contributed by atoms with Gasteiger partial charge < -0.3 is 19.8 Å². The lowest BCUT2D eigenvalue weighted by molar-refractivity contribution is -0.123. The molecular formula is C23H22N2O5. The van der Waals surface area contributed by atoms with E-state index in [-0.39, 0.29) is 11.5 Å². The van der Waals surface area contributed by atoms with Gasteiger partial charge in [0.05, 0.1) is 0 Å². The normalized spacial score (nSPS) is 11.4. The Balaban J connectivity index is 1.50. The molecule has 0 bridgehead atoms. The fourth-order valence-corrected chi connectivity index (χ4v) is 2.61. The molecule has 0 saturated heterocycles. The summed E-state index contributed by atoms with van der Waals surface area (Å²) in [5, 5.41) is 2.69. The van der Waals surface area contributed by atoms with Crippen LogP contribution < -0.4 is 10.1 Å². The highest BCUT2D eigenvalue weighted by molar-refractivity contribution is 5.99. The molecule has 0 saturated carbocycles. The number of carbonyl (C=O) groups excluding carboxylic acids is 3. The van der Waals surface area contributed by atoms with Crippen LogP contribution in [0.2, 0.25) is 0 Å². The van der Waals surface area contributed by atoms with Crippen molar-refractivity contribution in [3.05, 3.63) is 83.7 Å². The number of hydrogen-bond acceptors (Lipinski definition) is 5. The summed E-state index contributed by atoms with van der Waals surface area (Å²) in [6.07, 6.45) is 0.404. The zero-order valence-electron chi connectivity index (χ0n) is 16.7. The Kier molecular flexibility index (Phi) is 6.64. The minimum Gasteiger partial charge on any atom is -0.489 e. The third-order valence-electron chi connectivity index (χ3n) is 4.33. The van der Waals surface area contributed by atoms with Gasteiger partial charge in [-0.1, -0.05) is 30.3 Å². The summed E-state index contributed by atoms with van der Waals surface area (Å²) in [5.41, 5.74) is 2.09. The van der Waals surface area contributed by atoms with E-state index in [9.17, 15) is 14.4 Å². The van der Waals surface area contributed by atoms with Crippen molar-refractivity contribution in [2.24, 2.45) is 0 Å². The van der Waals surface area contributed by atoms with Crippen molar-refractivity contribution in [2.75, 3.05) is 5.32 Å². The SMILES string of the molecule is CC(=O)c1c[nH]c(C(=O)O[C@@H](C)C(=O)Nc2ccc(OCc3ccccc3)cc2)c1. The van der Waals surface area contributed by atoms with Crippen molar-refractivity contribution in [3.63, 3.8) is 0 Å². The first-order valence-electron chi connectivity index (χ1n) is 9.40. The van der Waals surface area contributed by atoms with Crippen molar-refractivity contribution < 1.29 is 23.9 Å². The Morgan fingerprint density at radius 3 is 2.37 bits per heavy atom. The molecule has 0 radical (unpaired) electrons. The van der Waals surface area contributed by atoms with Crippen molar-refractivity contribution in [2.45, 2.75) is 26.6 Å². The summed E-state index contributed by atoms with van der Waals surface area (Å²) in [4.78, 5) is 38.4. The van der Waals surface area contributed by atoms with Crippen LogP contribution >= 0.6 is 0 Å². The van der Waals surface area contributed by atoms with E-state index in [1.807, 2.05) is 30.3 Å². The summed E-state index contributed by atoms with van der Waals surface area (Å²) in [5.74, 6) is -0.689. The van der Waals surface area contributed by atoms with Gasteiger partial charge >= 0.3 is 5.97 Å². The second-order valence-electron chi connectivity index (χ2n) is 6.69. The number of aromatic amines is 1. The average molecular weight is 406 g/mol. The molecule has 3 aromatic rings. The second-order valence-corrected chi connectivity index (χ2v) is 6.69. The summed E-state index contributed by atoms with van der Waals surface area (Å²) < 4.78 is 10.9. The number of ketones is 1. The molecule has 30 heavy (non-hydrogen) atoms. The first-order chi connectivity index (χ1) is 14.4. The summed E-state index contributed by atoms with van der Waals surface area (Å²) >= 11 is 0. The molecule has 0 aliphatic carbocycles. The molecule has 0 spiro atoms. The van der Waals surface area contributed by atoms with Crippen molar-refractivity contribution in [3.8, 4) is 5.75 Å². The van der Waals surface area contributed by atoms with E-state index in [4.69, 9.17) is 9.47 Å². The molecule has 1 aromatic heterocycles. The molecule has 0 aliphatic heterocycles. The van der Waals surface area contributed by atoms with Gasteiger partial charge in [-0.15, -0.1) is 0 Å². The summed E-state index contributed by atoms with van der Waals surface area (Å²) in [6.45, 7) is 3.31. The van der Waals surface area contributed by atoms with Crippen LogP contribution in [0.3, 0.4) is 0 Å². The van der Waals surface area contributed by atoms with Gasteiger partial charge in [0.2, 0.25) is 0 Å². The van der Waals surface area contributed by atoms with Crippen LogP contribution in [-0.2, 0) is 16.1 Å². The van der Waals surface area contributed by atoms with Crippen LogP contribution in [0.5, 0.6) is 5.75 Å². The van der Waals surface area contributed by atoms with E-state index in [1.165, 1.54) is 26.1 Å². The maximum absolute atomic E-state index is 12.3. The first-order valence-corrected chi connectivity index (χ1v) is 9.40. The van der Waals surface area contributed by atoms with E-state index < -0.39 is 18.0 Å². The zero-order chi connectivity index (χ0) is 21.5. The number of anilines is 1. The van der Waals surface area contributed by atoms with E-state index in [1.54, 1.807) is 24.3 Å². The number of nitrogens with one attached hydrogen (secondary N) is 2. The predicted molar refractivity (Wildman–Crippen MR) is 112 cm³/mol. The molecule has 0 aliphatic rings. The first kappa shape index (κ1) is 20.9. The van der Waals surface area contributed by atoms with Crippen LogP contribution in [-0.4, -0.2) is 28.7 Å². The fourth-order valence-electron chi connectivity index (χ4n) is 2.61. The average Bonchev–Trinajstić information content (AvgIpc) is 3.25. The highest BCUT2D eigenvalue weighted by Crippen LogP contribution is 2.18. The molecular weight excluding hydrogens is 384 g/mol. The Hall–Kier alpha value is -3.87. The molecule has 154 valence electrons. The van der Waals surface area contributed by atoms with Gasteiger partial charge in [0.25, 0.3) is 5.91 Å². The van der Waals surface area contributed by atoms with Gasteiger partial charge in [0.15, 0.2) is 11.9 Å². The maximum atomic E-state index is 12.3. The number of amides is 1. The highest BCUT2D eigenvalue weighted by Gasteiger charge is 2.20. The maximum Gasteiger partial charge on any atom is 0.355 e. The Labute approximate surface area is 174 Å². The third kappa shape index (κ3) is 5.57. The van der Waals surface area contributed by atoms with Crippen molar-refractivity contribution in [1.82, 2.24) is 4.98 Å². The number of ether oxygens (including phenoxy) is 2. The van der Waals surface area contributed by atoms with Crippen LogP contribution in [0, 0.1) is 0 Å². The van der Waals surface area contributed by atoms with Crippen LogP contribution in [0.4, 0.5) is 5.69 Å². The Bertz CT molecular complexity index is 1030. The Morgan fingerprint density at radius 2 is 1.73 bits per heavy atom. The monoisotopic (exact) mass is 406 g/mol. The number of hydrogen-bond donors (Lipinski definition) is 2. The summed E-state index contributed by atoms with van der Waals surface area (Å²) in [7, 11) is 0. The molecule has 3 rings (SSSR count). The van der Waals surface area contributed by atoms with Gasteiger partial charge in [-0.3, -0.25) is 9.59 Å². The van der Waals surface area contributed by atoms with Gasteiger partial charge in [-0.25, -0.2) is 4.79 Å². The molecule has 1 atom stereocenters. The van der Waals surface area contributed by atoms with Crippen LogP contribution in [0.1, 0.15) is 40.3 Å². The molecule has 2 aromatic carbocycles. The lowest BCUT2D eigenvalue weighted by atomic mass is 10.2. The van der Waals surface area contributed by atoms with E-state index >= 15 is 0 Å². The number of esters is 1. The van der Waals surface area contributed by atoms with Gasteiger partial charge in [0, 0.05) is 17.4 Å². The lowest BCUT2D eigenvalue weighted by Crippen LogP contribution is -2.30. The number of Topliss-reactive ketones (excluding diaryl/α,β-unsaturated/α-hetero) is 1. The van der Waals surface area contributed by atoms with Gasteiger partial charge in [0.1, 0.15) is 18.1 Å². The zero-order valence-corrected chi connectivity index (χ0v) is 16.7.